The minimum absolute atomic E-state index is 0.217. The molecule has 2 N–H and O–H groups in total. The van der Waals surface area contributed by atoms with E-state index in [4.69, 9.17) is 5.11 Å². The molecule has 6 nitrogen and oxygen atoms in total. The summed E-state index contributed by atoms with van der Waals surface area (Å²) in [6.45, 7) is 1.21. The van der Waals surface area contributed by atoms with E-state index in [1.165, 1.54) is 4.90 Å². The first-order valence-electron chi connectivity index (χ1n) is 5.75. The van der Waals surface area contributed by atoms with Gasteiger partial charge in [-0.1, -0.05) is 0 Å². The lowest BCUT2D eigenvalue weighted by Crippen LogP contribution is -2.34. The van der Waals surface area contributed by atoms with Crippen LogP contribution in [0.5, 0.6) is 0 Å². The molecule has 3 rings (SSSR count). The van der Waals surface area contributed by atoms with Crippen LogP contribution in [0, 0.1) is 5.92 Å². The Labute approximate surface area is 98.6 Å². The summed E-state index contributed by atoms with van der Waals surface area (Å²) in [7, 11) is 0. The van der Waals surface area contributed by atoms with E-state index in [1.807, 2.05) is 12.1 Å². The van der Waals surface area contributed by atoms with Crippen LogP contribution in [-0.2, 0) is 0 Å². The number of fused-ring (bicyclic) bond motifs is 1. The van der Waals surface area contributed by atoms with Crippen LogP contribution in [0.2, 0.25) is 0 Å². The van der Waals surface area contributed by atoms with Crippen molar-refractivity contribution in [1.29, 1.82) is 0 Å². The smallest absolute Gasteiger partial charge is 0.407 e. The Morgan fingerprint density at radius 2 is 2.41 bits per heavy atom. The average molecular weight is 234 g/mol. The lowest BCUT2D eigenvalue weighted by atomic mass is 10.0. The van der Waals surface area contributed by atoms with Gasteiger partial charge in [0.2, 0.25) is 0 Å². The molecule has 6 heteroatoms. The zero-order chi connectivity index (χ0) is 11.8. The number of aromatic nitrogens is 2. The van der Waals surface area contributed by atoms with Crippen molar-refractivity contribution < 1.29 is 9.90 Å². The van der Waals surface area contributed by atoms with Gasteiger partial charge in [-0.25, -0.2) is 4.79 Å². The molecule has 0 aromatic carbocycles. The van der Waals surface area contributed by atoms with Crippen molar-refractivity contribution in [2.24, 2.45) is 5.92 Å². The molecule has 0 saturated carbocycles. The Kier molecular flexibility index (Phi) is 2.44. The van der Waals surface area contributed by atoms with Crippen LogP contribution in [0.15, 0.2) is 18.3 Å². The van der Waals surface area contributed by atoms with Crippen LogP contribution in [-0.4, -0.2) is 45.4 Å². The Balaban J connectivity index is 1.68. The fourth-order valence-electron chi connectivity index (χ4n) is 2.79. The summed E-state index contributed by atoms with van der Waals surface area (Å²) < 4.78 is 0. The van der Waals surface area contributed by atoms with E-state index in [9.17, 15) is 4.79 Å². The van der Waals surface area contributed by atoms with Gasteiger partial charge in [0.1, 0.15) is 0 Å². The van der Waals surface area contributed by atoms with E-state index in [0.29, 0.717) is 19.0 Å². The Bertz CT molecular complexity index is 411. The second kappa shape index (κ2) is 3.96. The van der Waals surface area contributed by atoms with Gasteiger partial charge in [0, 0.05) is 25.3 Å². The summed E-state index contributed by atoms with van der Waals surface area (Å²) in [6, 6.07) is 4.32. The average Bonchev–Trinajstić information content (AvgIpc) is 2.87. The summed E-state index contributed by atoms with van der Waals surface area (Å²) in [6.07, 6.45) is 1.77. The Morgan fingerprint density at radius 1 is 1.53 bits per heavy atom. The van der Waals surface area contributed by atoms with Crippen molar-refractivity contribution in [3.8, 4) is 0 Å². The largest absolute Gasteiger partial charge is 0.465 e. The molecule has 90 valence electrons. The molecule has 0 spiro atoms. The molecule has 1 aromatic heterocycles. The minimum atomic E-state index is -0.822. The first-order chi connectivity index (χ1) is 8.24. The zero-order valence-electron chi connectivity index (χ0n) is 9.28. The third-order valence-electron chi connectivity index (χ3n) is 3.62. The first kappa shape index (κ1) is 10.5. The van der Waals surface area contributed by atoms with Crippen molar-refractivity contribution in [2.75, 3.05) is 13.1 Å². The second-order valence-corrected chi connectivity index (χ2v) is 4.66. The van der Waals surface area contributed by atoms with E-state index in [-0.39, 0.29) is 12.1 Å². The number of nitrogens with zero attached hydrogens (tertiary/aromatic N) is 3. The van der Waals surface area contributed by atoms with Gasteiger partial charge in [0.15, 0.2) is 0 Å². The fourth-order valence-corrected chi connectivity index (χ4v) is 2.79. The summed E-state index contributed by atoms with van der Waals surface area (Å²) in [5, 5.41) is 20.3. The third kappa shape index (κ3) is 1.84. The molecule has 2 fully saturated rings. The quantitative estimate of drug-likeness (QED) is 0.739. The monoisotopic (exact) mass is 234 g/mol. The number of hydrogen-bond donors (Lipinski definition) is 2. The molecule has 17 heavy (non-hydrogen) atoms. The molecule has 1 amide bonds. The summed E-state index contributed by atoms with van der Waals surface area (Å²) in [4.78, 5) is 12.3. The third-order valence-corrected chi connectivity index (χ3v) is 3.62. The van der Waals surface area contributed by atoms with Crippen LogP contribution >= 0.6 is 0 Å². The number of rotatable bonds is 1. The topological polar surface area (TPSA) is 78.3 Å². The maximum Gasteiger partial charge on any atom is 0.407 e. The standard InChI is InChI=1S/C11H14N4O2/c16-11(17)15-5-7-4-9(13-10(7)6-15)8-2-1-3-12-14-8/h1-3,7,9-10,13H,4-6H2,(H,16,17). The van der Waals surface area contributed by atoms with Crippen LogP contribution in [0.3, 0.4) is 0 Å². The number of likely N-dealkylation sites (tertiary alicyclic amines) is 1. The van der Waals surface area contributed by atoms with Crippen molar-refractivity contribution in [1.82, 2.24) is 20.4 Å². The number of hydrogen-bond acceptors (Lipinski definition) is 4. The molecule has 2 aliphatic rings. The van der Waals surface area contributed by atoms with Gasteiger partial charge in [-0.15, -0.1) is 0 Å². The van der Waals surface area contributed by atoms with E-state index < -0.39 is 6.09 Å². The van der Waals surface area contributed by atoms with Crippen LogP contribution in [0.25, 0.3) is 0 Å². The molecule has 1 aromatic rings. The van der Waals surface area contributed by atoms with Gasteiger partial charge < -0.3 is 15.3 Å². The van der Waals surface area contributed by atoms with Gasteiger partial charge >= 0.3 is 6.09 Å². The van der Waals surface area contributed by atoms with Gasteiger partial charge in [-0.2, -0.15) is 10.2 Å². The molecule has 0 aliphatic carbocycles. The van der Waals surface area contributed by atoms with E-state index in [1.54, 1.807) is 6.20 Å². The lowest BCUT2D eigenvalue weighted by molar-refractivity contribution is 0.152. The van der Waals surface area contributed by atoms with Gasteiger partial charge in [-0.3, -0.25) is 0 Å². The number of nitrogens with one attached hydrogen (secondary N) is 1. The van der Waals surface area contributed by atoms with E-state index in [2.05, 4.69) is 15.5 Å². The number of amides is 1. The van der Waals surface area contributed by atoms with Gasteiger partial charge in [-0.05, 0) is 24.5 Å². The maximum atomic E-state index is 10.9. The maximum absolute atomic E-state index is 10.9. The summed E-state index contributed by atoms with van der Waals surface area (Å²) in [5.41, 5.74) is 0.948. The highest BCUT2D eigenvalue weighted by Crippen LogP contribution is 2.34. The van der Waals surface area contributed by atoms with Crippen molar-refractivity contribution in [2.45, 2.75) is 18.5 Å². The fraction of sp³-hybridized carbons (Fsp3) is 0.545. The minimum Gasteiger partial charge on any atom is -0.465 e. The molecule has 3 heterocycles. The lowest BCUT2D eigenvalue weighted by Gasteiger charge is -2.16. The Hall–Kier alpha value is -1.69. The summed E-state index contributed by atoms with van der Waals surface area (Å²) in [5.74, 6) is 0.401. The van der Waals surface area contributed by atoms with E-state index in [0.717, 1.165) is 12.1 Å². The van der Waals surface area contributed by atoms with Crippen molar-refractivity contribution >= 4 is 6.09 Å². The Morgan fingerprint density at radius 3 is 3.06 bits per heavy atom. The molecule has 0 radical (unpaired) electrons. The highest BCUT2D eigenvalue weighted by Gasteiger charge is 2.42. The molecular formula is C11H14N4O2. The summed E-state index contributed by atoms with van der Waals surface area (Å²) >= 11 is 0. The van der Waals surface area contributed by atoms with E-state index >= 15 is 0 Å². The molecular weight excluding hydrogens is 220 g/mol. The first-order valence-corrected chi connectivity index (χ1v) is 5.75. The van der Waals surface area contributed by atoms with Gasteiger partial charge in [0.05, 0.1) is 11.7 Å². The number of carboxylic acid groups (broad SMARTS) is 1. The second-order valence-electron chi connectivity index (χ2n) is 4.66. The predicted octanol–water partition coefficient (Wildman–Crippen LogP) is 0.489. The van der Waals surface area contributed by atoms with Crippen LogP contribution in [0.1, 0.15) is 18.2 Å². The van der Waals surface area contributed by atoms with Crippen LogP contribution in [0.4, 0.5) is 4.79 Å². The molecule has 0 bridgehead atoms. The zero-order valence-corrected chi connectivity index (χ0v) is 9.28. The predicted molar refractivity (Wildman–Crippen MR) is 59.4 cm³/mol. The van der Waals surface area contributed by atoms with Crippen LogP contribution < -0.4 is 5.32 Å². The molecule has 3 atom stereocenters. The molecule has 2 aliphatic heterocycles. The normalized spacial score (nSPS) is 31.5. The SMILES string of the molecule is O=C(O)N1CC2CC(c3cccnn3)NC2C1. The highest BCUT2D eigenvalue weighted by atomic mass is 16.4. The number of carbonyl (C=O) groups is 1. The van der Waals surface area contributed by atoms with Crippen molar-refractivity contribution in [3.05, 3.63) is 24.0 Å². The van der Waals surface area contributed by atoms with Crippen molar-refractivity contribution in [3.63, 3.8) is 0 Å². The highest BCUT2D eigenvalue weighted by molar-refractivity contribution is 5.65. The molecule has 3 unspecified atom stereocenters. The van der Waals surface area contributed by atoms with Gasteiger partial charge in [0.25, 0.3) is 0 Å². The molecule has 2 saturated heterocycles.